The lowest BCUT2D eigenvalue weighted by Crippen LogP contribution is -2.42. The van der Waals surface area contributed by atoms with Gasteiger partial charge in [0, 0.05) is 11.5 Å². The van der Waals surface area contributed by atoms with Crippen LogP contribution in [0.25, 0.3) is 10.9 Å². The standard InChI is InChI=1S/C14H14FN3O3/c1-3-21-14(20)18-17-13(19)11-6-9-4-5-10(15)7-12(9)16-8(11)2/h4-7H,3H2,1-2H3,(H,17,19)(H,18,20). The SMILES string of the molecule is CCOC(=O)NNC(=O)c1cc2ccc(F)cc2nc1C. The predicted molar refractivity (Wildman–Crippen MR) is 74.1 cm³/mol. The second-order valence-corrected chi connectivity index (χ2v) is 4.26. The third-order valence-electron chi connectivity index (χ3n) is 2.77. The second kappa shape index (κ2) is 6.17. The van der Waals surface area contributed by atoms with Crippen molar-refractivity contribution in [1.82, 2.24) is 15.8 Å². The van der Waals surface area contributed by atoms with Crippen LogP contribution in [0, 0.1) is 12.7 Å². The Bertz CT molecular complexity index is 703. The number of benzene rings is 1. The molecule has 0 spiro atoms. The molecule has 110 valence electrons. The van der Waals surface area contributed by atoms with Crippen molar-refractivity contribution in [3.05, 3.63) is 41.3 Å². The fourth-order valence-corrected chi connectivity index (χ4v) is 1.81. The van der Waals surface area contributed by atoms with Crippen LogP contribution in [0.5, 0.6) is 0 Å². The maximum Gasteiger partial charge on any atom is 0.426 e. The van der Waals surface area contributed by atoms with Crippen molar-refractivity contribution in [2.45, 2.75) is 13.8 Å². The Labute approximate surface area is 120 Å². The number of aromatic nitrogens is 1. The summed E-state index contributed by atoms with van der Waals surface area (Å²) in [4.78, 5) is 27.3. The van der Waals surface area contributed by atoms with Gasteiger partial charge in [-0.25, -0.2) is 14.6 Å². The summed E-state index contributed by atoms with van der Waals surface area (Å²) in [5, 5.41) is 0.628. The van der Waals surface area contributed by atoms with E-state index in [-0.39, 0.29) is 12.2 Å². The highest BCUT2D eigenvalue weighted by molar-refractivity contribution is 5.99. The largest absolute Gasteiger partial charge is 0.449 e. The number of hydrogen-bond donors (Lipinski definition) is 2. The molecule has 1 aromatic carbocycles. The number of ether oxygens (including phenoxy) is 1. The highest BCUT2D eigenvalue weighted by atomic mass is 19.1. The zero-order valence-electron chi connectivity index (χ0n) is 11.6. The van der Waals surface area contributed by atoms with Crippen LogP contribution in [0.1, 0.15) is 23.0 Å². The van der Waals surface area contributed by atoms with Crippen molar-refractivity contribution in [2.24, 2.45) is 0 Å². The van der Waals surface area contributed by atoms with Gasteiger partial charge in [0.05, 0.1) is 23.4 Å². The molecule has 0 saturated heterocycles. The van der Waals surface area contributed by atoms with Gasteiger partial charge in [0.15, 0.2) is 0 Å². The van der Waals surface area contributed by atoms with Crippen molar-refractivity contribution in [3.63, 3.8) is 0 Å². The maximum atomic E-state index is 13.1. The normalized spacial score (nSPS) is 10.2. The summed E-state index contributed by atoms with van der Waals surface area (Å²) in [5.41, 5.74) is 5.51. The molecule has 1 heterocycles. The average Bonchev–Trinajstić information content (AvgIpc) is 2.44. The summed E-state index contributed by atoms with van der Waals surface area (Å²) in [6.45, 7) is 3.48. The van der Waals surface area contributed by atoms with Crippen LogP contribution in [-0.4, -0.2) is 23.6 Å². The van der Waals surface area contributed by atoms with Crippen molar-refractivity contribution in [3.8, 4) is 0 Å². The Morgan fingerprint density at radius 3 is 2.76 bits per heavy atom. The number of nitrogens with zero attached hydrogens (tertiary/aromatic N) is 1. The van der Waals surface area contributed by atoms with E-state index >= 15 is 0 Å². The number of rotatable bonds is 2. The van der Waals surface area contributed by atoms with Gasteiger partial charge in [-0.3, -0.25) is 15.2 Å². The molecule has 21 heavy (non-hydrogen) atoms. The van der Waals surface area contributed by atoms with Gasteiger partial charge in [0.1, 0.15) is 5.82 Å². The van der Waals surface area contributed by atoms with Crippen LogP contribution in [0.15, 0.2) is 24.3 Å². The molecule has 1 aromatic heterocycles. The number of amides is 2. The van der Waals surface area contributed by atoms with Crippen LogP contribution in [0.4, 0.5) is 9.18 Å². The number of halogens is 1. The summed E-state index contributed by atoms with van der Waals surface area (Å²) in [7, 11) is 0. The summed E-state index contributed by atoms with van der Waals surface area (Å²) in [6.07, 6.45) is -0.751. The molecule has 2 N–H and O–H groups in total. The van der Waals surface area contributed by atoms with E-state index in [1.807, 2.05) is 0 Å². The van der Waals surface area contributed by atoms with Gasteiger partial charge in [0.2, 0.25) is 0 Å². The van der Waals surface area contributed by atoms with E-state index in [1.165, 1.54) is 18.2 Å². The molecule has 0 aliphatic rings. The molecule has 0 saturated carbocycles. The lowest BCUT2D eigenvalue weighted by atomic mass is 10.1. The van der Waals surface area contributed by atoms with Crippen molar-refractivity contribution < 1.29 is 18.7 Å². The smallest absolute Gasteiger partial charge is 0.426 e. The Morgan fingerprint density at radius 1 is 1.29 bits per heavy atom. The summed E-state index contributed by atoms with van der Waals surface area (Å²) in [6, 6.07) is 5.70. The van der Waals surface area contributed by atoms with Crippen molar-refractivity contribution in [1.29, 1.82) is 0 Å². The molecule has 7 heteroatoms. The van der Waals surface area contributed by atoms with E-state index in [4.69, 9.17) is 0 Å². The van der Waals surface area contributed by atoms with Gasteiger partial charge in [-0.15, -0.1) is 0 Å². The monoisotopic (exact) mass is 291 g/mol. The fourth-order valence-electron chi connectivity index (χ4n) is 1.81. The van der Waals surface area contributed by atoms with Gasteiger partial charge in [-0.2, -0.15) is 0 Å². The van der Waals surface area contributed by atoms with Crippen molar-refractivity contribution >= 4 is 22.9 Å². The number of fused-ring (bicyclic) bond motifs is 1. The third kappa shape index (κ3) is 3.44. The number of nitrogens with one attached hydrogen (secondary N) is 2. The predicted octanol–water partition coefficient (Wildman–Crippen LogP) is 2.07. The minimum absolute atomic E-state index is 0.198. The zero-order chi connectivity index (χ0) is 15.4. The molecule has 2 rings (SSSR count). The lowest BCUT2D eigenvalue weighted by Gasteiger charge is -2.09. The Hall–Kier alpha value is -2.70. The van der Waals surface area contributed by atoms with Crippen LogP contribution in [0.2, 0.25) is 0 Å². The molecule has 2 amide bonds. The second-order valence-electron chi connectivity index (χ2n) is 4.26. The Morgan fingerprint density at radius 2 is 2.05 bits per heavy atom. The third-order valence-corrected chi connectivity index (χ3v) is 2.77. The molecule has 0 unspecified atom stereocenters. The summed E-state index contributed by atoms with van der Waals surface area (Å²) >= 11 is 0. The van der Waals surface area contributed by atoms with E-state index in [9.17, 15) is 14.0 Å². The first kappa shape index (κ1) is 14.7. The fraction of sp³-hybridized carbons (Fsp3) is 0.214. The van der Waals surface area contributed by atoms with Crippen molar-refractivity contribution in [2.75, 3.05) is 6.61 Å². The first-order valence-corrected chi connectivity index (χ1v) is 6.31. The van der Waals surface area contributed by atoms with E-state index in [2.05, 4.69) is 20.6 Å². The molecule has 0 radical (unpaired) electrons. The summed E-state index contributed by atoms with van der Waals surface area (Å²) in [5.74, 6) is -0.921. The Kier molecular flexibility index (Phi) is 4.32. The minimum atomic E-state index is -0.751. The quantitative estimate of drug-likeness (QED) is 0.830. The van der Waals surface area contributed by atoms with Gasteiger partial charge < -0.3 is 4.74 Å². The van der Waals surface area contributed by atoms with Gasteiger partial charge in [-0.1, -0.05) is 0 Å². The summed E-state index contributed by atoms with van der Waals surface area (Å²) < 4.78 is 17.7. The number of carbonyl (C=O) groups is 2. The van der Waals surface area contributed by atoms with E-state index in [0.717, 1.165) is 0 Å². The number of pyridine rings is 1. The average molecular weight is 291 g/mol. The first-order valence-electron chi connectivity index (χ1n) is 6.31. The molecule has 0 fully saturated rings. The molecule has 0 aliphatic carbocycles. The van der Waals surface area contributed by atoms with E-state index in [1.54, 1.807) is 19.9 Å². The number of hydrazine groups is 1. The Balaban J connectivity index is 2.21. The highest BCUT2D eigenvalue weighted by Gasteiger charge is 2.13. The first-order chi connectivity index (χ1) is 10.0. The van der Waals surface area contributed by atoms with Crippen LogP contribution in [-0.2, 0) is 4.74 Å². The highest BCUT2D eigenvalue weighted by Crippen LogP contribution is 2.17. The van der Waals surface area contributed by atoms with Crippen LogP contribution in [0.3, 0.4) is 0 Å². The van der Waals surface area contributed by atoms with Crippen LogP contribution >= 0.6 is 0 Å². The van der Waals surface area contributed by atoms with Gasteiger partial charge in [-0.05, 0) is 32.0 Å². The van der Waals surface area contributed by atoms with Crippen LogP contribution < -0.4 is 10.9 Å². The topological polar surface area (TPSA) is 80.3 Å². The van der Waals surface area contributed by atoms with Gasteiger partial charge in [0.25, 0.3) is 5.91 Å². The lowest BCUT2D eigenvalue weighted by molar-refractivity contribution is 0.0912. The zero-order valence-corrected chi connectivity index (χ0v) is 11.6. The number of carbonyl (C=O) groups excluding carboxylic acids is 2. The molecule has 2 aromatic rings. The number of aryl methyl sites for hydroxylation is 1. The molecule has 6 nitrogen and oxygen atoms in total. The minimum Gasteiger partial charge on any atom is -0.449 e. The molecule has 0 aliphatic heterocycles. The maximum absolute atomic E-state index is 13.1. The number of hydrogen-bond acceptors (Lipinski definition) is 4. The molecular formula is C14H14FN3O3. The molecule has 0 bridgehead atoms. The van der Waals surface area contributed by atoms with Gasteiger partial charge >= 0.3 is 6.09 Å². The van der Waals surface area contributed by atoms with E-state index < -0.39 is 17.8 Å². The molecular weight excluding hydrogens is 277 g/mol. The van der Waals surface area contributed by atoms with E-state index in [0.29, 0.717) is 16.6 Å². The molecule has 0 atom stereocenters.